The van der Waals surface area contributed by atoms with Gasteiger partial charge in [0, 0.05) is 6.42 Å². The van der Waals surface area contributed by atoms with Crippen LogP contribution in [0.2, 0.25) is 0 Å². The molecule has 0 bridgehead atoms. The fraction of sp³-hybridized carbons (Fsp3) is 0.273. The van der Waals surface area contributed by atoms with Crippen LogP contribution in [0.3, 0.4) is 0 Å². The number of thiol groups is 1. The molecule has 5 heteroatoms. The summed E-state index contributed by atoms with van der Waals surface area (Å²) in [6.45, 7) is 0. The number of rotatable bonds is 2. The summed E-state index contributed by atoms with van der Waals surface area (Å²) >= 11 is 4.07. The number of benzene rings is 1. The van der Waals surface area contributed by atoms with Crippen molar-refractivity contribution in [2.24, 2.45) is 0 Å². The van der Waals surface area contributed by atoms with Gasteiger partial charge in [-0.05, 0) is 12.1 Å². The van der Waals surface area contributed by atoms with E-state index in [9.17, 15) is 9.59 Å². The lowest BCUT2D eigenvalue weighted by molar-refractivity contribution is -0.121. The lowest BCUT2D eigenvalue weighted by Gasteiger charge is -2.17. The Morgan fingerprint density at radius 1 is 1.38 bits per heavy atom. The largest absolute Gasteiger partial charge is 0.495 e. The Hall–Kier alpha value is -1.49. The van der Waals surface area contributed by atoms with Gasteiger partial charge in [-0.15, -0.1) is 0 Å². The van der Waals surface area contributed by atoms with Gasteiger partial charge in [-0.25, -0.2) is 4.90 Å². The minimum Gasteiger partial charge on any atom is -0.495 e. The van der Waals surface area contributed by atoms with Crippen molar-refractivity contribution in [1.82, 2.24) is 0 Å². The maximum absolute atomic E-state index is 11.8. The summed E-state index contributed by atoms with van der Waals surface area (Å²) in [6.07, 6.45) is 0.139. The first kappa shape index (κ1) is 11.0. The van der Waals surface area contributed by atoms with Crippen LogP contribution in [0, 0.1) is 0 Å². The second-order valence-electron chi connectivity index (χ2n) is 3.46. The molecule has 1 aromatic rings. The predicted molar refractivity (Wildman–Crippen MR) is 62.9 cm³/mol. The van der Waals surface area contributed by atoms with Gasteiger partial charge in [-0.3, -0.25) is 9.59 Å². The molecule has 0 saturated carbocycles. The molecular formula is C11H11NO3S. The molecule has 16 heavy (non-hydrogen) atoms. The van der Waals surface area contributed by atoms with Crippen LogP contribution in [-0.2, 0) is 9.59 Å². The SMILES string of the molecule is COc1ccccc1N1C(=O)CC(S)C1=O. The molecule has 1 saturated heterocycles. The van der Waals surface area contributed by atoms with E-state index in [4.69, 9.17) is 4.74 Å². The second-order valence-corrected chi connectivity index (χ2v) is 4.08. The summed E-state index contributed by atoms with van der Waals surface area (Å²) in [7, 11) is 1.50. The Morgan fingerprint density at radius 2 is 2.06 bits per heavy atom. The molecule has 0 aliphatic carbocycles. The number of carbonyl (C=O) groups is 2. The highest BCUT2D eigenvalue weighted by molar-refractivity contribution is 7.82. The highest BCUT2D eigenvalue weighted by Gasteiger charge is 2.38. The molecule has 1 heterocycles. The fourth-order valence-electron chi connectivity index (χ4n) is 1.68. The summed E-state index contributed by atoms with van der Waals surface area (Å²) in [6, 6.07) is 6.93. The second kappa shape index (κ2) is 4.17. The average Bonchev–Trinajstić information content (AvgIpc) is 2.53. The topological polar surface area (TPSA) is 46.6 Å². The highest BCUT2D eigenvalue weighted by Crippen LogP contribution is 2.32. The molecule has 4 nitrogen and oxygen atoms in total. The molecule has 84 valence electrons. The maximum atomic E-state index is 11.8. The third-order valence-corrected chi connectivity index (χ3v) is 2.85. The molecule has 0 aromatic heterocycles. The lowest BCUT2D eigenvalue weighted by atomic mass is 10.2. The van der Waals surface area contributed by atoms with E-state index < -0.39 is 5.25 Å². The first-order chi connectivity index (χ1) is 7.65. The molecule has 1 atom stereocenters. The number of imide groups is 1. The Kier molecular flexibility index (Phi) is 2.87. The van der Waals surface area contributed by atoms with E-state index in [-0.39, 0.29) is 18.2 Å². The summed E-state index contributed by atoms with van der Waals surface area (Å²) < 4.78 is 5.12. The Bertz CT molecular complexity index is 447. The normalized spacial score (nSPS) is 20.4. The molecular weight excluding hydrogens is 226 g/mol. The van der Waals surface area contributed by atoms with Gasteiger partial charge < -0.3 is 4.74 Å². The van der Waals surface area contributed by atoms with Crippen LogP contribution in [-0.4, -0.2) is 24.2 Å². The van der Waals surface area contributed by atoms with Crippen LogP contribution < -0.4 is 9.64 Å². The molecule has 0 radical (unpaired) electrons. The molecule has 0 spiro atoms. The van der Waals surface area contributed by atoms with Crippen molar-refractivity contribution in [2.75, 3.05) is 12.0 Å². The van der Waals surface area contributed by atoms with Crippen LogP contribution >= 0.6 is 12.6 Å². The number of para-hydroxylation sites is 2. The number of hydrogen-bond donors (Lipinski definition) is 1. The van der Waals surface area contributed by atoms with Crippen molar-refractivity contribution >= 4 is 30.1 Å². The smallest absolute Gasteiger partial charge is 0.247 e. The van der Waals surface area contributed by atoms with E-state index in [0.29, 0.717) is 11.4 Å². The third-order valence-electron chi connectivity index (χ3n) is 2.45. The number of methoxy groups -OCH3 is 1. The van der Waals surface area contributed by atoms with Gasteiger partial charge in [-0.2, -0.15) is 12.6 Å². The van der Waals surface area contributed by atoms with Gasteiger partial charge >= 0.3 is 0 Å². The molecule has 2 rings (SSSR count). The number of hydrogen-bond acceptors (Lipinski definition) is 4. The van der Waals surface area contributed by atoms with Gasteiger partial charge in [0.25, 0.3) is 0 Å². The van der Waals surface area contributed by atoms with Gasteiger partial charge in [0.1, 0.15) is 5.75 Å². The van der Waals surface area contributed by atoms with Crippen LogP contribution in [0.5, 0.6) is 5.75 Å². The van der Waals surface area contributed by atoms with Crippen LogP contribution in [0.25, 0.3) is 0 Å². The van der Waals surface area contributed by atoms with Crippen molar-refractivity contribution in [3.05, 3.63) is 24.3 Å². The monoisotopic (exact) mass is 237 g/mol. The first-order valence-electron chi connectivity index (χ1n) is 4.83. The maximum Gasteiger partial charge on any atom is 0.247 e. The van der Waals surface area contributed by atoms with Crippen LogP contribution in [0.15, 0.2) is 24.3 Å². The predicted octanol–water partition coefficient (Wildman–Crippen LogP) is 1.26. The number of anilines is 1. The van der Waals surface area contributed by atoms with Crippen molar-refractivity contribution in [3.8, 4) is 5.75 Å². The molecule has 1 unspecified atom stereocenters. The zero-order chi connectivity index (χ0) is 11.7. The molecule has 1 aliphatic heterocycles. The van der Waals surface area contributed by atoms with E-state index in [1.807, 2.05) is 0 Å². The van der Waals surface area contributed by atoms with E-state index in [1.54, 1.807) is 24.3 Å². The fourth-order valence-corrected chi connectivity index (χ4v) is 1.96. The standard InChI is InChI=1S/C11H11NO3S/c1-15-8-5-3-2-4-7(8)12-10(13)6-9(16)11(12)14/h2-5,9,16H,6H2,1H3. The third kappa shape index (κ3) is 1.67. The van der Waals surface area contributed by atoms with Crippen LogP contribution in [0.4, 0.5) is 5.69 Å². The lowest BCUT2D eigenvalue weighted by Crippen LogP contribution is -2.30. The zero-order valence-corrected chi connectivity index (χ0v) is 9.61. The van der Waals surface area contributed by atoms with Gasteiger partial charge in [-0.1, -0.05) is 12.1 Å². The van der Waals surface area contributed by atoms with E-state index in [1.165, 1.54) is 7.11 Å². The highest BCUT2D eigenvalue weighted by atomic mass is 32.1. The van der Waals surface area contributed by atoms with Crippen molar-refractivity contribution < 1.29 is 14.3 Å². The minimum atomic E-state index is -0.544. The first-order valence-corrected chi connectivity index (χ1v) is 5.34. The van der Waals surface area contributed by atoms with Crippen molar-refractivity contribution in [2.45, 2.75) is 11.7 Å². The van der Waals surface area contributed by atoms with Crippen LogP contribution in [0.1, 0.15) is 6.42 Å². The van der Waals surface area contributed by atoms with E-state index in [2.05, 4.69) is 12.6 Å². The van der Waals surface area contributed by atoms with Gasteiger partial charge in [0.15, 0.2) is 0 Å². The zero-order valence-electron chi connectivity index (χ0n) is 8.71. The minimum absolute atomic E-state index is 0.139. The number of nitrogens with zero attached hydrogens (tertiary/aromatic N) is 1. The number of carbonyl (C=O) groups excluding carboxylic acids is 2. The van der Waals surface area contributed by atoms with Crippen molar-refractivity contribution in [3.63, 3.8) is 0 Å². The number of amides is 2. The van der Waals surface area contributed by atoms with E-state index in [0.717, 1.165) is 4.90 Å². The number of ether oxygens (including phenoxy) is 1. The summed E-state index contributed by atoms with van der Waals surface area (Å²) in [5.74, 6) is -0.0287. The summed E-state index contributed by atoms with van der Waals surface area (Å²) in [5.41, 5.74) is 0.483. The molecule has 1 aromatic carbocycles. The molecule has 2 amide bonds. The average molecular weight is 237 g/mol. The Morgan fingerprint density at radius 3 is 2.62 bits per heavy atom. The Labute approximate surface area is 98.6 Å². The summed E-state index contributed by atoms with van der Waals surface area (Å²) in [4.78, 5) is 24.6. The quantitative estimate of drug-likeness (QED) is 0.622. The molecule has 0 N–H and O–H groups in total. The Balaban J connectivity index is 2.44. The van der Waals surface area contributed by atoms with Gasteiger partial charge in [0.2, 0.25) is 11.8 Å². The van der Waals surface area contributed by atoms with E-state index >= 15 is 0 Å². The van der Waals surface area contributed by atoms with Crippen molar-refractivity contribution in [1.29, 1.82) is 0 Å². The van der Waals surface area contributed by atoms with Gasteiger partial charge in [0.05, 0.1) is 18.0 Å². The summed E-state index contributed by atoms with van der Waals surface area (Å²) in [5, 5.41) is -0.544. The molecule has 1 aliphatic rings. The molecule has 1 fully saturated rings.